The average molecular weight is 277 g/mol. The van der Waals surface area contributed by atoms with Crippen molar-refractivity contribution >= 4 is 28.4 Å². The molecule has 0 atom stereocenters. The van der Waals surface area contributed by atoms with E-state index in [1.165, 1.54) is 0 Å². The van der Waals surface area contributed by atoms with Gasteiger partial charge in [-0.2, -0.15) is 0 Å². The highest BCUT2D eigenvalue weighted by Gasteiger charge is 2.40. The lowest BCUT2D eigenvalue weighted by atomic mass is 9.76. The maximum Gasteiger partial charge on any atom is 0.171 e. The summed E-state index contributed by atoms with van der Waals surface area (Å²) in [6.07, 6.45) is 8.60. The van der Waals surface area contributed by atoms with Gasteiger partial charge in [0.2, 0.25) is 0 Å². The number of fused-ring (bicyclic) bond motifs is 1. The summed E-state index contributed by atoms with van der Waals surface area (Å²) in [7, 11) is 0. The summed E-state index contributed by atoms with van der Waals surface area (Å²) in [5.74, 6) is 0.230. The monoisotopic (exact) mass is 276 g/mol. The molecule has 2 heterocycles. The summed E-state index contributed by atoms with van der Waals surface area (Å²) in [6.45, 7) is 2.11. The Labute approximate surface area is 117 Å². The molecule has 0 aromatic carbocycles. The van der Waals surface area contributed by atoms with Gasteiger partial charge in [-0.05, 0) is 25.3 Å². The molecule has 1 saturated carbocycles. The van der Waals surface area contributed by atoms with Crippen LogP contribution in [0.3, 0.4) is 0 Å². The zero-order valence-corrected chi connectivity index (χ0v) is 11.8. The third-order valence-corrected chi connectivity index (χ3v) is 4.80. The molecule has 19 heavy (non-hydrogen) atoms. The number of halogens is 1. The second kappa shape index (κ2) is 4.64. The Morgan fingerprint density at radius 1 is 1.47 bits per heavy atom. The molecular formula is C15H17ClN2O. The van der Waals surface area contributed by atoms with E-state index in [9.17, 15) is 4.79 Å². The van der Waals surface area contributed by atoms with Crippen LogP contribution in [-0.4, -0.2) is 15.8 Å². The smallest absolute Gasteiger partial charge is 0.171 e. The lowest BCUT2D eigenvalue weighted by Gasteiger charge is -2.25. The predicted molar refractivity (Wildman–Crippen MR) is 76.6 cm³/mol. The molecule has 0 amide bonds. The van der Waals surface area contributed by atoms with Gasteiger partial charge in [-0.1, -0.05) is 31.4 Å². The van der Waals surface area contributed by atoms with E-state index < -0.39 is 0 Å². The molecule has 100 valence electrons. The molecule has 4 heteroatoms. The molecule has 0 bridgehead atoms. The van der Waals surface area contributed by atoms with Crippen LogP contribution >= 0.6 is 11.6 Å². The van der Waals surface area contributed by atoms with E-state index >= 15 is 0 Å². The second-order valence-corrected chi connectivity index (χ2v) is 5.80. The Hall–Kier alpha value is -1.35. The Morgan fingerprint density at radius 2 is 2.21 bits per heavy atom. The Kier molecular flexibility index (Phi) is 3.09. The van der Waals surface area contributed by atoms with E-state index in [-0.39, 0.29) is 11.2 Å². The molecule has 0 radical (unpaired) electrons. The number of aromatic amines is 1. The number of Topliss-reactive ketones (excluding diaryl/α,β-unsaturated/α-hetero) is 1. The van der Waals surface area contributed by atoms with Crippen LogP contribution < -0.4 is 0 Å². The van der Waals surface area contributed by atoms with E-state index in [1.54, 1.807) is 18.5 Å². The minimum atomic E-state index is -0.186. The molecule has 0 aliphatic heterocycles. The number of nitrogens with zero attached hydrogens (tertiary/aromatic N) is 1. The van der Waals surface area contributed by atoms with Crippen molar-refractivity contribution in [2.45, 2.75) is 39.0 Å². The molecule has 0 spiro atoms. The van der Waals surface area contributed by atoms with Gasteiger partial charge in [-0.25, -0.2) is 4.98 Å². The summed E-state index contributed by atoms with van der Waals surface area (Å²) in [5, 5.41) is 1.37. The number of pyridine rings is 1. The van der Waals surface area contributed by atoms with Crippen LogP contribution in [0.2, 0.25) is 5.02 Å². The van der Waals surface area contributed by atoms with Crippen LogP contribution in [-0.2, 0) is 0 Å². The third-order valence-electron chi connectivity index (χ3n) is 4.49. The molecule has 1 fully saturated rings. The van der Waals surface area contributed by atoms with Gasteiger partial charge in [-0.3, -0.25) is 4.79 Å². The van der Waals surface area contributed by atoms with E-state index in [4.69, 9.17) is 11.6 Å². The summed E-state index contributed by atoms with van der Waals surface area (Å²) >= 11 is 6.23. The van der Waals surface area contributed by atoms with Crippen LogP contribution in [0.4, 0.5) is 0 Å². The number of aromatic nitrogens is 2. The first-order valence-electron chi connectivity index (χ1n) is 6.84. The molecule has 1 aliphatic rings. The van der Waals surface area contributed by atoms with Gasteiger partial charge in [0.05, 0.1) is 5.02 Å². The highest BCUT2D eigenvalue weighted by Crippen LogP contribution is 2.44. The van der Waals surface area contributed by atoms with Gasteiger partial charge in [0.15, 0.2) is 5.78 Å². The molecule has 3 nitrogen and oxygen atoms in total. The molecule has 0 saturated heterocycles. The van der Waals surface area contributed by atoms with Crippen molar-refractivity contribution in [3.8, 4) is 0 Å². The minimum Gasteiger partial charge on any atom is -0.345 e. The fourth-order valence-corrected chi connectivity index (χ4v) is 3.52. The standard InChI is InChI=1S/C15H17ClN2O/c1-2-15(6-3-4-7-15)13(19)10-9-18-14-12(10)11(16)5-8-17-14/h5,8-9H,2-4,6-7H2,1H3,(H,17,18). The number of H-pyrrole nitrogens is 1. The molecule has 2 aromatic rings. The van der Waals surface area contributed by atoms with Gasteiger partial charge in [0.25, 0.3) is 0 Å². The van der Waals surface area contributed by atoms with Crippen molar-refractivity contribution < 1.29 is 4.79 Å². The van der Waals surface area contributed by atoms with Crippen LogP contribution in [0.1, 0.15) is 49.4 Å². The van der Waals surface area contributed by atoms with E-state index in [0.29, 0.717) is 16.2 Å². The molecule has 2 aromatic heterocycles. The molecule has 0 unspecified atom stereocenters. The number of hydrogen-bond acceptors (Lipinski definition) is 2. The van der Waals surface area contributed by atoms with Crippen LogP contribution in [0, 0.1) is 5.41 Å². The highest BCUT2D eigenvalue weighted by molar-refractivity contribution is 6.36. The maximum absolute atomic E-state index is 12.9. The highest BCUT2D eigenvalue weighted by atomic mass is 35.5. The first-order valence-corrected chi connectivity index (χ1v) is 7.22. The Bertz CT molecular complexity index is 626. The van der Waals surface area contributed by atoms with Crippen LogP contribution in [0.5, 0.6) is 0 Å². The van der Waals surface area contributed by atoms with Crippen molar-refractivity contribution in [1.82, 2.24) is 9.97 Å². The summed E-state index contributed by atoms with van der Waals surface area (Å²) < 4.78 is 0. The average Bonchev–Trinajstić information content (AvgIpc) is 3.06. The van der Waals surface area contributed by atoms with Gasteiger partial charge in [-0.15, -0.1) is 0 Å². The summed E-state index contributed by atoms with van der Waals surface area (Å²) in [5.41, 5.74) is 1.21. The Morgan fingerprint density at radius 3 is 2.89 bits per heavy atom. The maximum atomic E-state index is 12.9. The first kappa shape index (κ1) is 12.7. The molecule has 1 aliphatic carbocycles. The largest absolute Gasteiger partial charge is 0.345 e. The topological polar surface area (TPSA) is 45.8 Å². The fourth-order valence-electron chi connectivity index (χ4n) is 3.27. The second-order valence-electron chi connectivity index (χ2n) is 5.39. The normalized spacial score (nSPS) is 18.0. The summed E-state index contributed by atoms with van der Waals surface area (Å²) in [4.78, 5) is 20.2. The van der Waals surface area contributed by atoms with E-state index in [1.807, 2.05) is 0 Å². The summed E-state index contributed by atoms with van der Waals surface area (Å²) in [6, 6.07) is 1.74. The lowest BCUT2D eigenvalue weighted by molar-refractivity contribution is 0.0793. The zero-order valence-electron chi connectivity index (χ0n) is 11.0. The first-order chi connectivity index (χ1) is 9.18. The van der Waals surface area contributed by atoms with Crippen LogP contribution in [0.15, 0.2) is 18.5 Å². The number of rotatable bonds is 3. The number of carbonyl (C=O) groups excluding carboxylic acids is 1. The number of carbonyl (C=O) groups is 1. The van der Waals surface area contributed by atoms with Crippen LogP contribution in [0.25, 0.3) is 11.0 Å². The third kappa shape index (κ3) is 1.88. The minimum absolute atomic E-state index is 0.186. The number of nitrogens with one attached hydrogen (secondary N) is 1. The molecule has 1 N–H and O–H groups in total. The molecular weight excluding hydrogens is 260 g/mol. The van der Waals surface area contributed by atoms with Crippen molar-refractivity contribution in [3.05, 3.63) is 29.0 Å². The Balaban J connectivity index is 2.12. The lowest BCUT2D eigenvalue weighted by Crippen LogP contribution is -2.27. The number of ketones is 1. The van der Waals surface area contributed by atoms with Crippen molar-refractivity contribution in [2.75, 3.05) is 0 Å². The van der Waals surface area contributed by atoms with E-state index in [0.717, 1.165) is 37.5 Å². The van der Waals surface area contributed by atoms with Crippen molar-refractivity contribution in [3.63, 3.8) is 0 Å². The van der Waals surface area contributed by atoms with Gasteiger partial charge in [0, 0.05) is 28.8 Å². The van der Waals surface area contributed by atoms with Gasteiger partial charge >= 0.3 is 0 Å². The fraction of sp³-hybridized carbons (Fsp3) is 0.467. The van der Waals surface area contributed by atoms with Gasteiger partial charge < -0.3 is 4.98 Å². The van der Waals surface area contributed by atoms with Crippen molar-refractivity contribution in [1.29, 1.82) is 0 Å². The van der Waals surface area contributed by atoms with Crippen molar-refractivity contribution in [2.24, 2.45) is 5.41 Å². The zero-order chi connectivity index (χ0) is 13.5. The molecule has 3 rings (SSSR count). The SMILES string of the molecule is CCC1(C(=O)c2c[nH]c3nccc(Cl)c23)CCCC1. The number of hydrogen-bond donors (Lipinski definition) is 1. The van der Waals surface area contributed by atoms with E-state index in [2.05, 4.69) is 16.9 Å². The predicted octanol–water partition coefficient (Wildman–Crippen LogP) is 4.37. The van der Waals surface area contributed by atoms with Gasteiger partial charge in [0.1, 0.15) is 5.65 Å². The quantitative estimate of drug-likeness (QED) is 0.846.